The van der Waals surface area contributed by atoms with Gasteiger partial charge in [0.2, 0.25) is 0 Å². The van der Waals surface area contributed by atoms with Gasteiger partial charge < -0.3 is 19.1 Å². The van der Waals surface area contributed by atoms with Gasteiger partial charge in [0.1, 0.15) is 0 Å². The molecule has 28 heavy (non-hydrogen) atoms. The Balaban J connectivity index is 1.81. The third-order valence-corrected chi connectivity index (χ3v) is 4.81. The predicted molar refractivity (Wildman–Crippen MR) is 107 cm³/mol. The van der Waals surface area contributed by atoms with Gasteiger partial charge in [0.25, 0.3) is 5.91 Å². The summed E-state index contributed by atoms with van der Waals surface area (Å²) in [7, 11) is 2.92. The van der Waals surface area contributed by atoms with Crippen molar-refractivity contribution in [3.05, 3.63) is 53.1 Å². The van der Waals surface area contributed by atoms with Crippen LogP contribution < -0.4 is 14.4 Å². The van der Waals surface area contributed by atoms with Gasteiger partial charge in [0, 0.05) is 17.8 Å². The predicted octanol–water partition coefficient (Wildman–Crippen LogP) is 3.86. The Labute approximate surface area is 165 Å². The van der Waals surface area contributed by atoms with Crippen molar-refractivity contribution in [3.63, 3.8) is 0 Å². The van der Waals surface area contributed by atoms with E-state index in [9.17, 15) is 9.59 Å². The zero-order valence-corrected chi connectivity index (χ0v) is 16.5. The van der Waals surface area contributed by atoms with Crippen LogP contribution in [0.2, 0.25) is 0 Å². The fraction of sp³-hybridized carbons (Fsp3) is 0.364. The highest BCUT2D eigenvalue weighted by molar-refractivity contribution is 6.08. The van der Waals surface area contributed by atoms with Crippen LogP contribution in [0, 0.1) is 0 Å². The quantitative estimate of drug-likeness (QED) is 0.537. The minimum absolute atomic E-state index is 0.108. The van der Waals surface area contributed by atoms with E-state index in [2.05, 4.69) is 6.92 Å². The van der Waals surface area contributed by atoms with Crippen LogP contribution in [0.3, 0.4) is 0 Å². The van der Waals surface area contributed by atoms with Crippen LogP contribution in [0.4, 0.5) is 5.69 Å². The zero-order valence-electron chi connectivity index (χ0n) is 16.5. The number of esters is 1. The number of anilines is 1. The molecule has 2 aromatic carbocycles. The molecular formula is C22H25NO5. The van der Waals surface area contributed by atoms with Gasteiger partial charge in [-0.3, -0.25) is 4.79 Å². The van der Waals surface area contributed by atoms with Crippen LogP contribution in [0.5, 0.6) is 11.5 Å². The number of carbonyl (C=O) groups excluding carboxylic acids is 2. The van der Waals surface area contributed by atoms with Crippen molar-refractivity contribution in [3.8, 4) is 11.5 Å². The first kappa shape index (κ1) is 19.7. The Hall–Kier alpha value is -3.02. The number of hydrogen-bond donors (Lipinski definition) is 0. The molecule has 148 valence electrons. The van der Waals surface area contributed by atoms with Gasteiger partial charge in [0.05, 0.1) is 26.4 Å². The second kappa shape index (κ2) is 8.78. The lowest BCUT2D eigenvalue weighted by atomic mass is 10.1. The average molecular weight is 383 g/mol. The number of nitrogens with zero attached hydrogens (tertiary/aromatic N) is 1. The van der Waals surface area contributed by atoms with Gasteiger partial charge in [-0.25, -0.2) is 4.79 Å². The monoisotopic (exact) mass is 383 g/mol. The molecule has 0 aromatic heterocycles. The van der Waals surface area contributed by atoms with E-state index in [1.807, 2.05) is 0 Å². The SMILES string of the molecule is CCCCOc1ccc(C(=O)N2CCc3cc(C(=O)OC)ccc32)cc1OC. The standard InChI is InChI=1S/C22H25NO5/c1-4-5-12-28-19-9-7-16(14-20(19)26-2)21(24)23-11-10-15-13-17(22(25)27-3)6-8-18(15)23/h6-9,13-14H,4-5,10-12H2,1-3H3. The zero-order chi connectivity index (χ0) is 20.1. The van der Waals surface area contributed by atoms with Crippen LogP contribution >= 0.6 is 0 Å². The van der Waals surface area contributed by atoms with Gasteiger partial charge >= 0.3 is 5.97 Å². The molecule has 0 radical (unpaired) electrons. The molecule has 0 saturated heterocycles. The van der Waals surface area contributed by atoms with E-state index in [1.54, 1.807) is 48.4 Å². The third-order valence-electron chi connectivity index (χ3n) is 4.81. The summed E-state index contributed by atoms with van der Waals surface area (Å²) in [5.41, 5.74) is 2.80. The van der Waals surface area contributed by atoms with Crippen molar-refractivity contribution in [2.45, 2.75) is 26.2 Å². The number of unbranched alkanes of at least 4 members (excludes halogenated alkanes) is 1. The molecule has 1 heterocycles. The summed E-state index contributed by atoms with van der Waals surface area (Å²) in [5, 5.41) is 0. The smallest absolute Gasteiger partial charge is 0.337 e. The number of rotatable bonds is 7. The number of carbonyl (C=O) groups is 2. The van der Waals surface area contributed by atoms with Crippen molar-refractivity contribution in [2.75, 3.05) is 32.3 Å². The van der Waals surface area contributed by atoms with Crippen molar-refractivity contribution >= 4 is 17.6 Å². The lowest BCUT2D eigenvalue weighted by Gasteiger charge is -2.19. The first-order valence-electron chi connectivity index (χ1n) is 9.43. The van der Waals surface area contributed by atoms with Gasteiger partial charge in [-0.05, 0) is 54.8 Å². The van der Waals surface area contributed by atoms with E-state index in [4.69, 9.17) is 14.2 Å². The van der Waals surface area contributed by atoms with Crippen LogP contribution in [0.1, 0.15) is 46.0 Å². The molecule has 1 aliphatic rings. The van der Waals surface area contributed by atoms with Gasteiger partial charge in [-0.15, -0.1) is 0 Å². The molecule has 0 unspecified atom stereocenters. The first-order valence-corrected chi connectivity index (χ1v) is 9.43. The fourth-order valence-electron chi connectivity index (χ4n) is 3.26. The molecule has 2 aromatic rings. The third kappa shape index (κ3) is 3.96. The van der Waals surface area contributed by atoms with Gasteiger partial charge in [-0.2, -0.15) is 0 Å². The highest BCUT2D eigenvalue weighted by Crippen LogP contribution is 2.33. The number of benzene rings is 2. The maximum Gasteiger partial charge on any atom is 0.337 e. The van der Waals surface area contributed by atoms with Crippen LogP contribution in [-0.2, 0) is 11.2 Å². The van der Waals surface area contributed by atoms with E-state index in [1.165, 1.54) is 7.11 Å². The maximum atomic E-state index is 13.1. The second-order valence-electron chi connectivity index (χ2n) is 6.61. The van der Waals surface area contributed by atoms with Crippen molar-refractivity contribution in [1.29, 1.82) is 0 Å². The normalized spacial score (nSPS) is 12.5. The molecule has 6 heteroatoms. The molecule has 0 atom stereocenters. The molecule has 0 spiro atoms. The lowest BCUT2D eigenvalue weighted by Crippen LogP contribution is -2.28. The molecule has 0 N–H and O–H groups in total. The van der Waals surface area contributed by atoms with Crippen molar-refractivity contribution in [2.24, 2.45) is 0 Å². The second-order valence-corrected chi connectivity index (χ2v) is 6.61. The van der Waals surface area contributed by atoms with E-state index in [0.717, 1.165) is 24.1 Å². The summed E-state index contributed by atoms with van der Waals surface area (Å²) in [6.07, 6.45) is 2.70. The molecule has 6 nitrogen and oxygen atoms in total. The number of amides is 1. The Bertz CT molecular complexity index is 877. The summed E-state index contributed by atoms with van der Waals surface area (Å²) < 4.78 is 15.9. The Kier molecular flexibility index (Phi) is 6.19. The highest BCUT2D eigenvalue weighted by Gasteiger charge is 2.27. The van der Waals surface area contributed by atoms with Crippen molar-refractivity contribution < 1.29 is 23.8 Å². The van der Waals surface area contributed by atoms with Crippen LogP contribution in [0.15, 0.2) is 36.4 Å². The molecule has 0 saturated carbocycles. The molecular weight excluding hydrogens is 358 g/mol. The summed E-state index contributed by atoms with van der Waals surface area (Å²) >= 11 is 0. The Morgan fingerprint density at radius 2 is 1.82 bits per heavy atom. The summed E-state index contributed by atoms with van der Waals surface area (Å²) in [4.78, 5) is 26.5. The van der Waals surface area contributed by atoms with Gasteiger partial charge in [-0.1, -0.05) is 13.3 Å². The number of fused-ring (bicyclic) bond motifs is 1. The summed E-state index contributed by atoms with van der Waals surface area (Å²) in [6, 6.07) is 10.5. The molecule has 1 amide bonds. The summed E-state index contributed by atoms with van der Waals surface area (Å²) in [6.45, 7) is 3.28. The van der Waals surface area contributed by atoms with E-state index in [0.29, 0.717) is 42.2 Å². The molecule has 1 aliphatic heterocycles. The van der Waals surface area contributed by atoms with Crippen LogP contribution in [0.25, 0.3) is 0 Å². The minimum atomic E-state index is -0.379. The number of hydrogen-bond acceptors (Lipinski definition) is 5. The highest BCUT2D eigenvalue weighted by atomic mass is 16.5. The average Bonchev–Trinajstić information content (AvgIpc) is 3.16. The maximum absolute atomic E-state index is 13.1. The Morgan fingerprint density at radius 1 is 1.04 bits per heavy atom. The summed E-state index contributed by atoms with van der Waals surface area (Å²) in [5.74, 6) is 0.693. The topological polar surface area (TPSA) is 65.1 Å². The molecule has 0 fully saturated rings. The van der Waals surface area contributed by atoms with Gasteiger partial charge in [0.15, 0.2) is 11.5 Å². The van der Waals surface area contributed by atoms with E-state index in [-0.39, 0.29) is 11.9 Å². The molecule has 0 aliphatic carbocycles. The largest absolute Gasteiger partial charge is 0.493 e. The molecule has 3 rings (SSSR count). The number of methoxy groups -OCH3 is 2. The van der Waals surface area contributed by atoms with E-state index < -0.39 is 0 Å². The Morgan fingerprint density at radius 3 is 2.54 bits per heavy atom. The van der Waals surface area contributed by atoms with Crippen LogP contribution in [-0.4, -0.2) is 39.2 Å². The minimum Gasteiger partial charge on any atom is -0.493 e. The number of ether oxygens (including phenoxy) is 3. The van der Waals surface area contributed by atoms with Crippen molar-refractivity contribution in [1.82, 2.24) is 0 Å². The first-order chi connectivity index (χ1) is 13.6. The fourth-order valence-corrected chi connectivity index (χ4v) is 3.26. The lowest BCUT2D eigenvalue weighted by molar-refractivity contribution is 0.0600. The van der Waals surface area contributed by atoms with E-state index >= 15 is 0 Å². The molecule has 0 bridgehead atoms.